The van der Waals surface area contributed by atoms with Crippen LogP contribution in [-0.4, -0.2) is 4.57 Å². The molecule has 0 aliphatic carbocycles. The Labute approximate surface area is 121 Å². The summed E-state index contributed by atoms with van der Waals surface area (Å²) in [5, 5.41) is 0.662. The molecule has 106 valence electrons. The van der Waals surface area contributed by atoms with Gasteiger partial charge in [0.25, 0.3) is 0 Å². The average Bonchev–Trinajstić information content (AvgIpc) is 2.50. The molecule has 3 rings (SSSR count). The first kappa shape index (κ1) is 13.5. The molecule has 1 heterocycles. The minimum absolute atomic E-state index is 0.0104. The molecule has 4 heteroatoms. The van der Waals surface area contributed by atoms with Crippen LogP contribution in [0, 0.1) is 5.82 Å². The van der Waals surface area contributed by atoms with E-state index in [1.54, 1.807) is 12.3 Å². The van der Waals surface area contributed by atoms with Gasteiger partial charge in [0, 0.05) is 30.7 Å². The summed E-state index contributed by atoms with van der Waals surface area (Å²) < 4.78 is 15.5. The Kier molecular flexibility index (Phi) is 3.54. The summed E-state index contributed by atoms with van der Waals surface area (Å²) >= 11 is 0. The van der Waals surface area contributed by atoms with Gasteiger partial charge in [-0.2, -0.15) is 0 Å². The molecule has 0 saturated carbocycles. The third kappa shape index (κ3) is 2.71. The summed E-state index contributed by atoms with van der Waals surface area (Å²) in [6, 6.07) is 13.8. The molecule has 0 radical (unpaired) electrons. The average molecular weight is 282 g/mol. The second-order valence-electron chi connectivity index (χ2n) is 5.00. The number of para-hydroxylation sites is 1. The number of aromatic nitrogens is 1. The van der Waals surface area contributed by atoms with Gasteiger partial charge in [0.1, 0.15) is 5.82 Å². The van der Waals surface area contributed by atoms with Gasteiger partial charge in [0.05, 0.1) is 5.52 Å². The van der Waals surface area contributed by atoms with E-state index >= 15 is 0 Å². The van der Waals surface area contributed by atoms with E-state index in [4.69, 9.17) is 5.73 Å². The molecule has 0 aliphatic heterocycles. The minimum Gasteiger partial charge on any atom is -0.343 e. The minimum atomic E-state index is -0.293. The fourth-order valence-electron chi connectivity index (χ4n) is 2.52. The molecule has 1 aromatic heterocycles. The molecule has 0 fully saturated rings. The fourth-order valence-corrected chi connectivity index (χ4v) is 2.52. The van der Waals surface area contributed by atoms with Crippen LogP contribution in [0.1, 0.15) is 11.1 Å². The van der Waals surface area contributed by atoms with Gasteiger partial charge in [-0.1, -0.05) is 18.2 Å². The molecule has 2 N–H and O–H groups in total. The maximum Gasteiger partial charge on any atom is 0.189 e. The van der Waals surface area contributed by atoms with Gasteiger partial charge in [0.15, 0.2) is 5.43 Å². The molecule has 0 saturated heterocycles. The number of rotatable bonds is 3. The van der Waals surface area contributed by atoms with Crippen molar-refractivity contribution in [2.75, 3.05) is 0 Å². The Morgan fingerprint density at radius 1 is 1.05 bits per heavy atom. The summed E-state index contributed by atoms with van der Waals surface area (Å²) in [6.07, 6.45) is 1.73. The predicted octanol–water partition coefficient (Wildman–Crippen LogP) is 2.65. The summed E-state index contributed by atoms with van der Waals surface area (Å²) in [6.45, 7) is 0.793. The zero-order valence-corrected chi connectivity index (χ0v) is 11.4. The van der Waals surface area contributed by atoms with Crippen LogP contribution in [0.25, 0.3) is 10.9 Å². The van der Waals surface area contributed by atoms with Gasteiger partial charge in [-0.3, -0.25) is 4.79 Å². The molecular weight excluding hydrogens is 267 g/mol. The predicted molar refractivity (Wildman–Crippen MR) is 81.6 cm³/mol. The monoisotopic (exact) mass is 282 g/mol. The van der Waals surface area contributed by atoms with E-state index in [0.717, 1.165) is 16.6 Å². The van der Waals surface area contributed by atoms with E-state index in [-0.39, 0.29) is 11.2 Å². The molecule has 2 aromatic carbocycles. The SMILES string of the molecule is NCc1cc(F)cc(Cn2ccc(=O)c3ccccc32)c1. The zero-order valence-electron chi connectivity index (χ0n) is 11.4. The van der Waals surface area contributed by atoms with E-state index in [1.165, 1.54) is 18.2 Å². The maximum absolute atomic E-state index is 13.6. The number of nitrogens with zero attached hydrogens (tertiary/aromatic N) is 1. The highest BCUT2D eigenvalue weighted by molar-refractivity contribution is 5.78. The number of nitrogens with two attached hydrogens (primary N) is 1. The van der Waals surface area contributed by atoms with Gasteiger partial charge in [-0.05, 0) is 35.4 Å². The smallest absolute Gasteiger partial charge is 0.189 e. The molecule has 0 spiro atoms. The van der Waals surface area contributed by atoms with Crippen LogP contribution in [0.3, 0.4) is 0 Å². The van der Waals surface area contributed by atoms with Crippen molar-refractivity contribution < 1.29 is 4.39 Å². The summed E-state index contributed by atoms with van der Waals surface area (Å²) in [4.78, 5) is 11.8. The summed E-state index contributed by atoms with van der Waals surface area (Å²) in [5.41, 5.74) is 7.99. The Bertz CT molecular complexity index is 855. The van der Waals surface area contributed by atoms with E-state index < -0.39 is 0 Å². The van der Waals surface area contributed by atoms with Crippen LogP contribution in [0.5, 0.6) is 0 Å². The highest BCUT2D eigenvalue weighted by atomic mass is 19.1. The molecule has 21 heavy (non-hydrogen) atoms. The Hall–Kier alpha value is -2.46. The van der Waals surface area contributed by atoms with Crippen molar-refractivity contribution in [3.63, 3.8) is 0 Å². The number of hydrogen-bond acceptors (Lipinski definition) is 2. The summed E-state index contributed by atoms with van der Waals surface area (Å²) in [7, 11) is 0. The number of hydrogen-bond donors (Lipinski definition) is 1. The molecular formula is C17H15FN2O. The van der Waals surface area contributed by atoms with Crippen molar-refractivity contribution in [1.82, 2.24) is 4.57 Å². The molecule has 0 aliphatic rings. The van der Waals surface area contributed by atoms with E-state index in [2.05, 4.69) is 0 Å². The standard InChI is InChI=1S/C17H15FN2O/c18-14-8-12(10-19)7-13(9-14)11-20-6-5-17(21)15-3-1-2-4-16(15)20/h1-9H,10-11,19H2. The van der Waals surface area contributed by atoms with Crippen molar-refractivity contribution in [2.24, 2.45) is 5.73 Å². The van der Waals surface area contributed by atoms with E-state index in [1.807, 2.05) is 28.8 Å². The summed E-state index contributed by atoms with van der Waals surface area (Å²) in [5.74, 6) is -0.293. The van der Waals surface area contributed by atoms with Crippen molar-refractivity contribution in [2.45, 2.75) is 13.1 Å². The van der Waals surface area contributed by atoms with Crippen LogP contribution < -0.4 is 11.2 Å². The first-order chi connectivity index (χ1) is 10.2. The second-order valence-corrected chi connectivity index (χ2v) is 5.00. The first-order valence-electron chi connectivity index (χ1n) is 6.74. The molecule has 0 amide bonds. The Morgan fingerprint density at radius 2 is 1.81 bits per heavy atom. The molecule has 3 aromatic rings. The number of halogens is 1. The molecule has 0 atom stereocenters. The lowest BCUT2D eigenvalue weighted by Gasteiger charge is -2.11. The van der Waals surface area contributed by atoms with Gasteiger partial charge in [-0.15, -0.1) is 0 Å². The fraction of sp³-hybridized carbons (Fsp3) is 0.118. The largest absolute Gasteiger partial charge is 0.343 e. The van der Waals surface area contributed by atoms with Crippen LogP contribution in [0.4, 0.5) is 4.39 Å². The third-order valence-electron chi connectivity index (χ3n) is 3.49. The van der Waals surface area contributed by atoms with E-state index in [9.17, 15) is 9.18 Å². The lowest BCUT2D eigenvalue weighted by atomic mass is 10.1. The maximum atomic E-state index is 13.6. The van der Waals surface area contributed by atoms with Gasteiger partial charge in [-0.25, -0.2) is 4.39 Å². The van der Waals surface area contributed by atoms with Crippen molar-refractivity contribution in [3.05, 3.63) is 81.9 Å². The highest BCUT2D eigenvalue weighted by Crippen LogP contribution is 2.14. The van der Waals surface area contributed by atoms with Crippen LogP contribution in [0.15, 0.2) is 59.5 Å². The number of pyridine rings is 1. The topological polar surface area (TPSA) is 48.0 Å². The Balaban J connectivity index is 2.08. The molecule has 3 nitrogen and oxygen atoms in total. The number of benzene rings is 2. The van der Waals surface area contributed by atoms with Crippen LogP contribution >= 0.6 is 0 Å². The first-order valence-corrected chi connectivity index (χ1v) is 6.74. The van der Waals surface area contributed by atoms with Gasteiger partial charge >= 0.3 is 0 Å². The van der Waals surface area contributed by atoms with Crippen molar-refractivity contribution in [1.29, 1.82) is 0 Å². The quantitative estimate of drug-likeness (QED) is 0.803. The third-order valence-corrected chi connectivity index (χ3v) is 3.49. The van der Waals surface area contributed by atoms with E-state index in [0.29, 0.717) is 18.5 Å². The molecule has 0 unspecified atom stereocenters. The van der Waals surface area contributed by atoms with Crippen LogP contribution in [-0.2, 0) is 13.1 Å². The lowest BCUT2D eigenvalue weighted by Crippen LogP contribution is -2.09. The molecule has 0 bridgehead atoms. The Morgan fingerprint density at radius 3 is 2.62 bits per heavy atom. The van der Waals surface area contributed by atoms with Crippen molar-refractivity contribution in [3.8, 4) is 0 Å². The lowest BCUT2D eigenvalue weighted by molar-refractivity contribution is 0.621. The van der Waals surface area contributed by atoms with Crippen molar-refractivity contribution >= 4 is 10.9 Å². The number of fused-ring (bicyclic) bond motifs is 1. The van der Waals surface area contributed by atoms with Gasteiger partial charge in [0.2, 0.25) is 0 Å². The highest BCUT2D eigenvalue weighted by Gasteiger charge is 2.05. The normalized spacial score (nSPS) is 11.0. The van der Waals surface area contributed by atoms with Crippen LogP contribution in [0.2, 0.25) is 0 Å². The zero-order chi connectivity index (χ0) is 14.8. The second kappa shape index (κ2) is 5.50. The van der Waals surface area contributed by atoms with Gasteiger partial charge < -0.3 is 10.3 Å².